The highest BCUT2D eigenvalue weighted by atomic mass is 15.4. The van der Waals surface area contributed by atoms with E-state index in [1.165, 1.54) is 5.01 Å². The lowest BCUT2D eigenvalue weighted by Crippen LogP contribution is -2.26. The first-order valence-corrected chi connectivity index (χ1v) is 3.40. The van der Waals surface area contributed by atoms with Gasteiger partial charge in [-0.3, -0.25) is 5.01 Å². The predicted molar refractivity (Wildman–Crippen MR) is 44.1 cm³/mol. The third kappa shape index (κ3) is 1.88. The maximum absolute atomic E-state index is 5.49. The van der Waals surface area contributed by atoms with Gasteiger partial charge in [-0.2, -0.15) is 0 Å². The second kappa shape index (κ2) is 2.84. The van der Waals surface area contributed by atoms with Crippen LogP contribution >= 0.6 is 0 Å². The maximum atomic E-state index is 5.49. The lowest BCUT2D eigenvalue weighted by Gasteiger charge is -2.11. The van der Waals surface area contributed by atoms with E-state index in [0.717, 1.165) is 17.3 Å². The van der Waals surface area contributed by atoms with Gasteiger partial charge in [-0.05, 0) is 13.8 Å². The molecular weight excluding hydrogens is 140 g/mol. The minimum Gasteiger partial charge on any atom is -0.298 e. The SMILES string of the molecule is Cc1cc(N(C)N)nc(C)n1. The van der Waals surface area contributed by atoms with Crippen molar-refractivity contribution >= 4 is 5.82 Å². The molecule has 4 nitrogen and oxygen atoms in total. The number of anilines is 1. The number of hydrazine groups is 1. The van der Waals surface area contributed by atoms with Gasteiger partial charge in [0.15, 0.2) is 0 Å². The van der Waals surface area contributed by atoms with Gasteiger partial charge in [0.1, 0.15) is 11.6 Å². The predicted octanol–water partition coefficient (Wildman–Crippen LogP) is 0.403. The van der Waals surface area contributed by atoms with Gasteiger partial charge >= 0.3 is 0 Å². The Balaban J connectivity index is 3.08. The van der Waals surface area contributed by atoms with Crippen LogP contribution in [0.4, 0.5) is 5.82 Å². The van der Waals surface area contributed by atoms with Gasteiger partial charge in [0.2, 0.25) is 0 Å². The number of hydrogen-bond donors (Lipinski definition) is 1. The van der Waals surface area contributed by atoms with E-state index in [2.05, 4.69) is 9.97 Å². The number of aromatic nitrogens is 2. The fourth-order valence-electron chi connectivity index (χ4n) is 0.878. The summed E-state index contributed by atoms with van der Waals surface area (Å²) in [5.74, 6) is 6.99. The first-order valence-electron chi connectivity index (χ1n) is 3.40. The molecule has 1 aromatic rings. The molecule has 0 amide bonds. The van der Waals surface area contributed by atoms with Crippen molar-refractivity contribution in [2.45, 2.75) is 13.8 Å². The molecule has 0 aliphatic rings. The van der Waals surface area contributed by atoms with Gasteiger partial charge in [-0.25, -0.2) is 15.8 Å². The second-order valence-electron chi connectivity index (χ2n) is 2.53. The van der Waals surface area contributed by atoms with E-state index in [4.69, 9.17) is 5.84 Å². The van der Waals surface area contributed by atoms with Gasteiger partial charge in [-0.15, -0.1) is 0 Å². The van der Waals surface area contributed by atoms with Gasteiger partial charge < -0.3 is 0 Å². The molecule has 0 atom stereocenters. The number of aryl methyl sites for hydroxylation is 2. The molecule has 60 valence electrons. The normalized spacial score (nSPS) is 9.82. The minimum absolute atomic E-state index is 0.745. The highest BCUT2D eigenvalue weighted by Crippen LogP contribution is 2.06. The van der Waals surface area contributed by atoms with Crippen LogP contribution in [0, 0.1) is 13.8 Å². The molecule has 4 heteroatoms. The van der Waals surface area contributed by atoms with Crippen LogP contribution in [-0.2, 0) is 0 Å². The van der Waals surface area contributed by atoms with Crippen LogP contribution in [0.5, 0.6) is 0 Å². The number of nitrogens with two attached hydrogens (primary N) is 1. The summed E-state index contributed by atoms with van der Waals surface area (Å²) in [4.78, 5) is 8.25. The third-order valence-electron chi connectivity index (χ3n) is 1.31. The lowest BCUT2D eigenvalue weighted by atomic mass is 10.4. The average molecular weight is 152 g/mol. The van der Waals surface area contributed by atoms with Crippen LogP contribution in [0.15, 0.2) is 6.07 Å². The zero-order chi connectivity index (χ0) is 8.43. The Morgan fingerprint density at radius 3 is 2.45 bits per heavy atom. The maximum Gasteiger partial charge on any atom is 0.146 e. The molecule has 1 heterocycles. The van der Waals surface area contributed by atoms with E-state index < -0.39 is 0 Å². The van der Waals surface area contributed by atoms with E-state index in [0.29, 0.717) is 0 Å². The summed E-state index contributed by atoms with van der Waals surface area (Å²) in [5, 5.41) is 1.47. The molecule has 11 heavy (non-hydrogen) atoms. The largest absolute Gasteiger partial charge is 0.298 e. The van der Waals surface area contributed by atoms with Gasteiger partial charge in [-0.1, -0.05) is 0 Å². The second-order valence-corrected chi connectivity index (χ2v) is 2.53. The highest BCUT2D eigenvalue weighted by molar-refractivity contribution is 5.36. The van der Waals surface area contributed by atoms with Crippen molar-refractivity contribution in [2.75, 3.05) is 12.1 Å². The van der Waals surface area contributed by atoms with Crippen LogP contribution in [0.25, 0.3) is 0 Å². The van der Waals surface area contributed by atoms with Crippen molar-refractivity contribution in [3.05, 3.63) is 17.6 Å². The molecule has 0 radical (unpaired) electrons. The Labute approximate surface area is 66.0 Å². The van der Waals surface area contributed by atoms with Crippen molar-refractivity contribution in [3.63, 3.8) is 0 Å². The molecule has 0 bridgehead atoms. The first-order chi connectivity index (χ1) is 5.09. The van der Waals surface area contributed by atoms with Crippen LogP contribution in [0.2, 0.25) is 0 Å². The minimum atomic E-state index is 0.745. The molecule has 0 saturated heterocycles. The summed E-state index contributed by atoms with van der Waals surface area (Å²) < 4.78 is 0. The van der Waals surface area contributed by atoms with Crippen molar-refractivity contribution in [1.82, 2.24) is 9.97 Å². The molecule has 1 rings (SSSR count). The monoisotopic (exact) mass is 152 g/mol. The molecule has 0 fully saturated rings. The zero-order valence-electron chi connectivity index (χ0n) is 7.00. The number of hydrogen-bond acceptors (Lipinski definition) is 4. The molecule has 0 aromatic carbocycles. The zero-order valence-corrected chi connectivity index (χ0v) is 7.00. The van der Waals surface area contributed by atoms with Crippen molar-refractivity contribution in [2.24, 2.45) is 5.84 Å². The fraction of sp³-hybridized carbons (Fsp3) is 0.429. The highest BCUT2D eigenvalue weighted by Gasteiger charge is 1.99. The van der Waals surface area contributed by atoms with Crippen molar-refractivity contribution < 1.29 is 0 Å². The van der Waals surface area contributed by atoms with Crippen molar-refractivity contribution in [1.29, 1.82) is 0 Å². The Morgan fingerprint density at radius 2 is 2.00 bits per heavy atom. The summed E-state index contributed by atoms with van der Waals surface area (Å²) in [6.45, 7) is 3.77. The van der Waals surface area contributed by atoms with Gasteiger partial charge in [0.25, 0.3) is 0 Å². The van der Waals surface area contributed by atoms with Crippen LogP contribution in [0.1, 0.15) is 11.5 Å². The summed E-state index contributed by atoms with van der Waals surface area (Å²) in [6.07, 6.45) is 0. The first kappa shape index (κ1) is 7.94. The standard InChI is InChI=1S/C7H12N4/c1-5-4-7(11(3)8)10-6(2)9-5/h4H,8H2,1-3H3. The molecular formula is C7H12N4. The fourth-order valence-corrected chi connectivity index (χ4v) is 0.878. The topological polar surface area (TPSA) is 55.0 Å². The van der Waals surface area contributed by atoms with E-state index >= 15 is 0 Å². The Kier molecular flexibility index (Phi) is 2.05. The quantitative estimate of drug-likeness (QED) is 0.467. The summed E-state index contributed by atoms with van der Waals surface area (Å²) in [6, 6.07) is 1.84. The molecule has 0 spiro atoms. The lowest BCUT2D eigenvalue weighted by molar-refractivity contribution is 0.923. The number of nitrogens with zero attached hydrogens (tertiary/aromatic N) is 3. The summed E-state index contributed by atoms with van der Waals surface area (Å²) >= 11 is 0. The summed E-state index contributed by atoms with van der Waals surface area (Å²) in [7, 11) is 1.75. The Bertz CT molecular complexity index is 236. The average Bonchev–Trinajstić information content (AvgIpc) is 1.85. The molecule has 0 saturated carbocycles. The molecule has 2 N–H and O–H groups in total. The molecule has 0 aliphatic heterocycles. The summed E-state index contributed by atoms with van der Waals surface area (Å²) in [5.41, 5.74) is 0.935. The van der Waals surface area contributed by atoms with E-state index in [9.17, 15) is 0 Å². The Hall–Kier alpha value is -1.16. The van der Waals surface area contributed by atoms with Crippen LogP contribution in [-0.4, -0.2) is 17.0 Å². The molecule has 0 aliphatic carbocycles. The van der Waals surface area contributed by atoms with Crippen molar-refractivity contribution in [3.8, 4) is 0 Å². The molecule has 1 aromatic heterocycles. The van der Waals surface area contributed by atoms with Gasteiger partial charge in [0, 0.05) is 18.8 Å². The van der Waals surface area contributed by atoms with E-state index in [-0.39, 0.29) is 0 Å². The third-order valence-corrected chi connectivity index (χ3v) is 1.31. The van der Waals surface area contributed by atoms with Crippen LogP contribution < -0.4 is 10.9 Å². The Morgan fingerprint density at radius 1 is 1.36 bits per heavy atom. The van der Waals surface area contributed by atoms with Gasteiger partial charge in [0.05, 0.1) is 0 Å². The van der Waals surface area contributed by atoms with E-state index in [1.807, 2.05) is 19.9 Å². The smallest absolute Gasteiger partial charge is 0.146 e. The van der Waals surface area contributed by atoms with Crippen LogP contribution in [0.3, 0.4) is 0 Å². The van der Waals surface area contributed by atoms with E-state index in [1.54, 1.807) is 7.05 Å². The molecule has 0 unspecified atom stereocenters. The number of rotatable bonds is 1.